The van der Waals surface area contributed by atoms with Gasteiger partial charge in [-0.1, -0.05) is 12.1 Å². The standard InChI is InChI=1S/C19H26N4O.HI/c1-16-5-3-6-17(15-16)22-10-12-23(13-11-22)19(20-2)21-9-8-18-7-4-14-24-18;/h3-7,14-15H,8-13H2,1-2H3,(H,20,21);1H. The van der Waals surface area contributed by atoms with E-state index in [0.29, 0.717) is 0 Å². The number of halogens is 1. The van der Waals surface area contributed by atoms with Gasteiger partial charge in [0.15, 0.2) is 5.96 Å². The van der Waals surface area contributed by atoms with Gasteiger partial charge < -0.3 is 19.5 Å². The van der Waals surface area contributed by atoms with Gasteiger partial charge in [-0.3, -0.25) is 4.99 Å². The number of nitrogens with zero attached hydrogens (tertiary/aromatic N) is 3. The fourth-order valence-electron chi connectivity index (χ4n) is 3.09. The maximum atomic E-state index is 5.37. The molecule has 0 bridgehead atoms. The molecular weight excluding hydrogens is 427 g/mol. The highest BCUT2D eigenvalue weighted by Crippen LogP contribution is 2.17. The van der Waals surface area contributed by atoms with Crippen molar-refractivity contribution in [2.45, 2.75) is 13.3 Å². The molecule has 0 unspecified atom stereocenters. The van der Waals surface area contributed by atoms with E-state index in [0.717, 1.165) is 50.9 Å². The molecule has 0 amide bonds. The van der Waals surface area contributed by atoms with E-state index in [1.54, 1.807) is 6.26 Å². The quantitative estimate of drug-likeness (QED) is 0.438. The van der Waals surface area contributed by atoms with Crippen LogP contribution in [0.1, 0.15) is 11.3 Å². The van der Waals surface area contributed by atoms with E-state index in [2.05, 4.69) is 51.3 Å². The molecule has 0 spiro atoms. The van der Waals surface area contributed by atoms with E-state index in [-0.39, 0.29) is 24.0 Å². The summed E-state index contributed by atoms with van der Waals surface area (Å²) in [5, 5.41) is 3.44. The molecule has 1 aliphatic rings. The van der Waals surface area contributed by atoms with E-state index in [1.807, 2.05) is 19.2 Å². The lowest BCUT2D eigenvalue weighted by Crippen LogP contribution is -2.52. The van der Waals surface area contributed by atoms with Crippen LogP contribution in [-0.2, 0) is 6.42 Å². The van der Waals surface area contributed by atoms with Crippen molar-refractivity contribution in [3.8, 4) is 0 Å². The van der Waals surface area contributed by atoms with Crippen molar-refractivity contribution in [2.24, 2.45) is 4.99 Å². The largest absolute Gasteiger partial charge is 0.469 e. The van der Waals surface area contributed by atoms with Crippen LogP contribution in [0.15, 0.2) is 52.1 Å². The number of aliphatic imine (C=N–C) groups is 1. The Morgan fingerprint density at radius 2 is 1.96 bits per heavy atom. The number of hydrogen-bond donors (Lipinski definition) is 1. The summed E-state index contributed by atoms with van der Waals surface area (Å²) in [6.07, 6.45) is 2.59. The molecule has 0 saturated carbocycles. The Morgan fingerprint density at radius 3 is 2.60 bits per heavy atom. The monoisotopic (exact) mass is 454 g/mol. The van der Waals surface area contributed by atoms with Crippen LogP contribution in [0.2, 0.25) is 0 Å². The highest BCUT2D eigenvalue weighted by molar-refractivity contribution is 14.0. The summed E-state index contributed by atoms with van der Waals surface area (Å²) in [5.41, 5.74) is 2.63. The van der Waals surface area contributed by atoms with Crippen LogP contribution in [0.25, 0.3) is 0 Å². The third kappa shape index (κ3) is 5.39. The number of aryl methyl sites for hydroxylation is 1. The molecule has 1 aromatic heterocycles. The van der Waals surface area contributed by atoms with E-state index in [1.165, 1.54) is 11.3 Å². The number of benzene rings is 1. The molecule has 2 heterocycles. The second kappa shape index (κ2) is 9.70. The summed E-state index contributed by atoms with van der Waals surface area (Å²) in [6.45, 7) is 6.97. The second-order valence-corrected chi connectivity index (χ2v) is 6.12. The molecule has 1 saturated heterocycles. The maximum Gasteiger partial charge on any atom is 0.193 e. The van der Waals surface area contributed by atoms with Gasteiger partial charge in [-0.05, 0) is 36.8 Å². The molecule has 0 aliphatic carbocycles. The highest BCUT2D eigenvalue weighted by atomic mass is 127. The number of guanidine groups is 1. The third-order valence-electron chi connectivity index (χ3n) is 4.39. The van der Waals surface area contributed by atoms with E-state index in [9.17, 15) is 0 Å². The smallest absolute Gasteiger partial charge is 0.193 e. The number of piperazine rings is 1. The fourth-order valence-corrected chi connectivity index (χ4v) is 3.09. The second-order valence-electron chi connectivity index (χ2n) is 6.12. The first-order chi connectivity index (χ1) is 11.8. The number of anilines is 1. The minimum absolute atomic E-state index is 0. The van der Waals surface area contributed by atoms with Gasteiger partial charge >= 0.3 is 0 Å². The average molecular weight is 454 g/mol. The molecule has 1 N–H and O–H groups in total. The van der Waals surface area contributed by atoms with Crippen LogP contribution in [0.4, 0.5) is 5.69 Å². The van der Waals surface area contributed by atoms with Crippen LogP contribution < -0.4 is 10.2 Å². The van der Waals surface area contributed by atoms with Crippen molar-refractivity contribution in [1.82, 2.24) is 10.2 Å². The third-order valence-corrected chi connectivity index (χ3v) is 4.39. The van der Waals surface area contributed by atoms with Crippen molar-refractivity contribution in [3.63, 3.8) is 0 Å². The first-order valence-electron chi connectivity index (χ1n) is 8.56. The minimum atomic E-state index is 0. The Bertz CT molecular complexity index is 664. The molecule has 1 fully saturated rings. The molecule has 25 heavy (non-hydrogen) atoms. The van der Waals surface area contributed by atoms with Gasteiger partial charge in [-0.25, -0.2) is 0 Å². The molecule has 2 aromatic rings. The SMILES string of the molecule is CN=C(NCCc1ccco1)N1CCN(c2cccc(C)c2)CC1.I. The van der Waals surface area contributed by atoms with Crippen molar-refractivity contribution in [1.29, 1.82) is 0 Å². The van der Waals surface area contributed by atoms with Gasteiger partial charge in [0.2, 0.25) is 0 Å². The highest BCUT2D eigenvalue weighted by Gasteiger charge is 2.19. The molecule has 1 aromatic carbocycles. The van der Waals surface area contributed by atoms with Gasteiger partial charge in [-0.15, -0.1) is 24.0 Å². The number of nitrogens with one attached hydrogen (secondary N) is 1. The Hall–Kier alpha value is -1.70. The van der Waals surface area contributed by atoms with Crippen molar-refractivity contribution < 1.29 is 4.42 Å². The molecular formula is C19H27IN4O. The summed E-state index contributed by atoms with van der Waals surface area (Å²) in [5.74, 6) is 1.98. The first-order valence-corrected chi connectivity index (χ1v) is 8.56. The summed E-state index contributed by atoms with van der Waals surface area (Å²) in [4.78, 5) is 9.20. The topological polar surface area (TPSA) is 44.0 Å². The molecule has 6 heteroatoms. The van der Waals surface area contributed by atoms with Gasteiger partial charge in [0.1, 0.15) is 5.76 Å². The van der Waals surface area contributed by atoms with Crippen molar-refractivity contribution in [3.05, 3.63) is 54.0 Å². The Labute approximate surface area is 167 Å². The van der Waals surface area contributed by atoms with Crippen LogP contribution >= 0.6 is 24.0 Å². The lowest BCUT2D eigenvalue weighted by Gasteiger charge is -2.37. The van der Waals surface area contributed by atoms with Gasteiger partial charge in [0.05, 0.1) is 6.26 Å². The first kappa shape index (κ1) is 19.6. The van der Waals surface area contributed by atoms with Crippen LogP contribution in [0.5, 0.6) is 0 Å². The van der Waals surface area contributed by atoms with Crippen molar-refractivity contribution >= 4 is 35.6 Å². The van der Waals surface area contributed by atoms with Gasteiger partial charge in [0.25, 0.3) is 0 Å². The van der Waals surface area contributed by atoms with Crippen LogP contribution in [0, 0.1) is 6.92 Å². The number of rotatable bonds is 4. The van der Waals surface area contributed by atoms with Gasteiger partial charge in [0, 0.05) is 51.9 Å². The van der Waals surface area contributed by atoms with E-state index >= 15 is 0 Å². The van der Waals surface area contributed by atoms with E-state index < -0.39 is 0 Å². The molecule has 0 radical (unpaired) electrons. The summed E-state index contributed by atoms with van der Waals surface area (Å²) in [7, 11) is 1.85. The molecule has 5 nitrogen and oxygen atoms in total. The minimum Gasteiger partial charge on any atom is -0.469 e. The number of hydrogen-bond acceptors (Lipinski definition) is 3. The summed E-state index contributed by atoms with van der Waals surface area (Å²) in [6, 6.07) is 12.7. The number of furan rings is 1. The zero-order valence-electron chi connectivity index (χ0n) is 14.9. The fraction of sp³-hybridized carbons (Fsp3) is 0.421. The Morgan fingerprint density at radius 1 is 1.16 bits per heavy atom. The predicted molar refractivity (Wildman–Crippen MR) is 114 cm³/mol. The average Bonchev–Trinajstić information content (AvgIpc) is 3.12. The maximum absolute atomic E-state index is 5.37. The van der Waals surface area contributed by atoms with E-state index in [4.69, 9.17) is 4.42 Å². The normalized spacial score (nSPS) is 15.0. The van der Waals surface area contributed by atoms with Crippen molar-refractivity contribution in [2.75, 3.05) is 44.7 Å². The van der Waals surface area contributed by atoms with Gasteiger partial charge in [-0.2, -0.15) is 0 Å². The molecule has 136 valence electrons. The summed E-state index contributed by atoms with van der Waals surface area (Å²) < 4.78 is 5.37. The van der Waals surface area contributed by atoms with Crippen LogP contribution in [0.3, 0.4) is 0 Å². The lowest BCUT2D eigenvalue weighted by atomic mass is 10.2. The molecule has 0 atom stereocenters. The zero-order valence-corrected chi connectivity index (χ0v) is 17.3. The molecule has 3 rings (SSSR count). The Balaban J connectivity index is 0.00000225. The zero-order chi connectivity index (χ0) is 16.8. The molecule has 1 aliphatic heterocycles. The Kier molecular flexibility index (Phi) is 7.61. The lowest BCUT2D eigenvalue weighted by molar-refractivity contribution is 0.372. The van der Waals surface area contributed by atoms with Crippen LogP contribution in [-0.4, -0.2) is 50.6 Å². The predicted octanol–water partition coefficient (Wildman–Crippen LogP) is 3.15. The summed E-state index contributed by atoms with van der Waals surface area (Å²) >= 11 is 0.